The molecule has 1 atom stereocenters. The molecule has 0 aliphatic carbocycles. The second-order valence-corrected chi connectivity index (χ2v) is 5.49. The van der Waals surface area contributed by atoms with E-state index in [1.807, 2.05) is 13.0 Å². The molecule has 0 amide bonds. The van der Waals surface area contributed by atoms with E-state index in [9.17, 15) is 5.11 Å². The maximum atomic E-state index is 10.3. The van der Waals surface area contributed by atoms with Gasteiger partial charge >= 0.3 is 0 Å². The van der Waals surface area contributed by atoms with Gasteiger partial charge in [-0.3, -0.25) is 0 Å². The lowest BCUT2D eigenvalue weighted by Crippen LogP contribution is -2.17. The van der Waals surface area contributed by atoms with E-state index in [0.29, 0.717) is 5.75 Å². The van der Waals surface area contributed by atoms with Crippen LogP contribution in [0.4, 0.5) is 0 Å². The van der Waals surface area contributed by atoms with Crippen LogP contribution in [0.5, 0.6) is 17.2 Å². The van der Waals surface area contributed by atoms with Crippen molar-refractivity contribution in [2.45, 2.75) is 38.6 Å². The molecule has 0 saturated carbocycles. The molecule has 2 rings (SSSR count). The van der Waals surface area contributed by atoms with Crippen molar-refractivity contribution >= 4 is 0 Å². The smallest absolute Gasteiger partial charge is 0.160 e. The summed E-state index contributed by atoms with van der Waals surface area (Å²) < 4.78 is 70.1. The summed E-state index contributed by atoms with van der Waals surface area (Å²) in [6, 6.07) is 11.2. The van der Waals surface area contributed by atoms with E-state index in [2.05, 4.69) is 0 Å². The molecule has 0 aliphatic rings. The molecule has 25 heavy (non-hydrogen) atoms. The van der Waals surface area contributed by atoms with Gasteiger partial charge in [-0.15, -0.1) is 0 Å². The Hall–Kier alpha value is -2.20. The van der Waals surface area contributed by atoms with Gasteiger partial charge in [-0.25, -0.2) is 0 Å². The summed E-state index contributed by atoms with van der Waals surface area (Å²) in [5.41, 5.74) is 1.15. The molecule has 0 radical (unpaired) electrons. The van der Waals surface area contributed by atoms with E-state index in [4.69, 9.17) is 23.8 Å². The lowest BCUT2D eigenvalue weighted by atomic mass is 10.0. The summed E-state index contributed by atoms with van der Waals surface area (Å²) in [7, 11) is -1.37. The first-order valence-electron chi connectivity index (χ1n) is 11.5. The molecule has 0 bridgehead atoms. The number of hydrogen-bond acceptors (Lipinski definition) is 4. The highest BCUT2D eigenvalue weighted by atomic mass is 16.5. The molecule has 0 aliphatic heterocycles. The Morgan fingerprint density at radius 2 is 2.00 bits per heavy atom. The van der Waals surface area contributed by atoms with Crippen molar-refractivity contribution in [2.75, 3.05) is 20.8 Å². The Bertz CT molecular complexity index is 900. The molecule has 2 aromatic carbocycles. The largest absolute Gasteiger partial charge is 0.493 e. The van der Waals surface area contributed by atoms with Crippen LogP contribution in [-0.4, -0.2) is 32.0 Å². The highest BCUT2D eigenvalue weighted by Crippen LogP contribution is 2.28. The second kappa shape index (κ2) is 9.94. The fraction of sp³-hybridized carbons (Fsp3) is 0.429. The van der Waals surface area contributed by atoms with Crippen molar-refractivity contribution in [3.8, 4) is 17.2 Å². The predicted molar refractivity (Wildman–Crippen MR) is 99.8 cm³/mol. The Morgan fingerprint density at radius 3 is 2.76 bits per heavy atom. The van der Waals surface area contributed by atoms with Crippen LogP contribution in [0.2, 0.25) is 0 Å². The van der Waals surface area contributed by atoms with Crippen molar-refractivity contribution in [2.24, 2.45) is 0 Å². The van der Waals surface area contributed by atoms with Crippen LogP contribution in [0.3, 0.4) is 0 Å². The van der Waals surface area contributed by atoms with E-state index in [1.165, 1.54) is 25.3 Å². The monoisotopic (exact) mass is 351 g/mol. The molecule has 0 spiro atoms. The maximum Gasteiger partial charge on any atom is 0.160 e. The molecular formula is C21H28O4. The number of methoxy groups -OCH3 is 2. The molecule has 1 N–H and O–H groups in total. The van der Waals surface area contributed by atoms with Crippen LogP contribution >= 0.6 is 0 Å². The highest BCUT2D eigenvalue weighted by molar-refractivity contribution is 5.42. The number of aliphatic hydroxyl groups is 1. The van der Waals surface area contributed by atoms with E-state index in [-0.39, 0.29) is 36.5 Å². The minimum atomic E-state index is -2.68. The van der Waals surface area contributed by atoms with Gasteiger partial charge < -0.3 is 19.3 Å². The van der Waals surface area contributed by atoms with Gasteiger partial charge in [0, 0.05) is 5.48 Å². The average molecular weight is 351 g/mol. The van der Waals surface area contributed by atoms with Crippen molar-refractivity contribution in [1.82, 2.24) is 0 Å². The minimum absolute atomic E-state index is 0.0499. The minimum Gasteiger partial charge on any atom is -0.493 e. The summed E-state index contributed by atoms with van der Waals surface area (Å²) in [4.78, 5) is 0. The fourth-order valence-corrected chi connectivity index (χ4v) is 2.25. The SMILES string of the molecule is [2H]C([2H])([2H])Oc1ccc(C([2H])([2H])CCC([2H])([2H])C(O)COc2cccc(C)c2)cc1OC. The van der Waals surface area contributed by atoms with Gasteiger partial charge in [0.15, 0.2) is 11.5 Å². The quantitative estimate of drug-likeness (QED) is 0.698. The van der Waals surface area contributed by atoms with Crippen LogP contribution in [0.15, 0.2) is 42.5 Å². The molecule has 1 unspecified atom stereocenters. The Kier molecular flexibility index (Phi) is 4.54. The third-order valence-electron chi connectivity index (χ3n) is 3.51. The maximum absolute atomic E-state index is 10.3. The number of benzene rings is 2. The molecule has 4 nitrogen and oxygen atoms in total. The van der Waals surface area contributed by atoms with Crippen molar-refractivity contribution in [1.29, 1.82) is 0 Å². The molecule has 0 saturated heterocycles. The first-order chi connectivity index (χ1) is 14.7. The normalized spacial score (nSPS) is 17.6. The van der Waals surface area contributed by atoms with Gasteiger partial charge in [0.25, 0.3) is 0 Å². The lowest BCUT2D eigenvalue weighted by molar-refractivity contribution is 0.0976. The molecule has 136 valence electrons. The standard InChI is InChI=1S/C21H28O4/c1-16-7-6-10-19(13-16)25-15-18(22)9-5-4-8-17-11-12-20(23-2)21(14-17)24-3/h6-7,10-14,18,22H,4-5,8-9,15H2,1-3H3/i2D3,8D2,9D2. The van der Waals surface area contributed by atoms with E-state index in [1.54, 1.807) is 18.2 Å². The van der Waals surface area contributed by atoms with Crippen molar-refractivity contribution < 1.29 is 28.9 Å². The first kappa shape index (κ1) is 11.4. The third kappa shape index (κ3) is 6.31. The Balaban J connectivity index is 2.03. The Morgan fingerprint density at radius 1 is 1.12 bits per heavy atom. The number of hydrogen-bond donors (Lipinski definition) is 1. The number of aliphatic hydroxyl groups excluding tert-OH is 1. The molecule has 0 heterocycles. The van der Waals surface area contributed by atoms with E-state index in [0.717, 1.165) is 5.56 Å². The van der Waals surface area contributed by atoms with E-state index >= 15 is 0 Å². The topological polar surface area (TPSA) is 47.9 Å². The van der Waals surface area contributed by atoms with Crippen LogP contribution in [-0.2, 0) is 6.37 Å². The molecule has 2 aromatic rings. The first-order valence-corrected chi connectivity index (χ1v) is 7.99. The number of rotatable bonds is 10. The zero-order chi connectivity index (χ0) is 24.2. The zero-order valence-corrected chi connectivity index (χ0v) is 14.4. The average Bonchev–Trinajstić information content (AvgIpc) is 2.69. The fourth-order valence-electron chi connectivity index (χ4n) is 2.25. The van der Waals surface area contributed by atoms with Gasteiger partial charge in [-0.2, -0.15) is 0 Å². The number of ether oxygens (including phenoxy) is 3. The lowest BCUT2D eigenvalue weighted by Gasteiger charge is -2.13. The zero-order valence-electron chi connectivity index (χ0n) is 21.4. The second-order valence-electron chi connectivity index (χ2n) is 5.49. The molecule has 0 fully saturated rings. The van der Waals surface area contributed by atoms with Gasteiger partial charge in [0.05, 0.1) is 24.4 Å². The summed E-state index contributed by atoms with van der Waals surface area (Å²) >= 11 is 0. The van der Waals surface area contributed by atoms with Crippen LogP contribution < -0.4 is 14.2 Å². The van der Waals surface area contributed by atoms with Crippen LogP contribution in [0, 0.1) is 6.92 Å². The molecule has 0 aromatic heterocycles. The van der Waals surface area contributed by atoms with E-state index < -0.39 is 25.9 Å². The van der Waals surface area contributed by atoms with Crippen molar-refractivity contribution in [3.05, 3.63) is 53.6 Å². The summed E-state index contributed by atoms with van der Waals surface area (Å²) in [5.74, 6) is 0.518. The Labute approximate surface area is 160 Å². The summed E-state index contributed by atoms with van der Waals surface area (Å²) in [5, 5.41) is 10.3. The molecular weight excluding hydrogens is 316 g/mol. The van der Waals surface area contributed by atoms with Gasteiger partial charge in [-0.1, -0.05) is 24.6 Å². The predicted octanol–water partition coefficient (Wildman–Crippen LogP) is 4.16. The van der Waals surface area contributed by atoms with Crippen molar-refractivity contribution in [3.63, 3.8) is 0 Å². The molecule has 4 heteroatoms. The van der Waals surface area contributed by atoms with Gasteiger partial charge in [0.2, 0.25) is 0 Å². The van der Waals surface area contributed by atoms with Crippen LogP contribution in [0.1, 0.15) is 39.9 Å². The summed E-state index contributed by atoms with van der Waals surface area (Å²) in [6.45, 7) is 1.62. The van der Waals surface area contributed by atoms with Crippen LogP contribution in [0.25, 0.3) is 0 Å². The highest BCUT2D eigenvalue weighted by Gasteiger charge is 2.07. The number of aryl methyl sites for hydroxylation is 2. The van der Waals surface area contributed by atoms with Gasteiger partial charge in [0.1, 0.15) is 12.4 Å². The third-order valence-corrected chi connectivity index (χ3v) is 3.51. The van der Waals surface area contributed by atoms with Gasteiger partial charge in [-0.05, 0) is 61.5 Å². The summed E-state index contributed by atoms with van der Waals surface area (Å²) in [6.07, 6.45) is -6.01.